The van der Waals surface area contributed by atoms with Crippen LogP contribution < -0.4 is 10.6 Å². The highest BCUT2D eigenvalue weighted by molar-refractivity contribution is 5.81. The quantitative estimate of drug-likeness (QED) is 0.706. The summed E-state index contributed by atoms with van der Waals surface area (Å²) in [7, 11) is 0. The number of nitrogens with zero attached hydrogens (tertiary/aromatic N) is 2. The van der Waals surface area contributed by atoms with Crippen molar-refractivity contribution in [3.05, 3.63) is 35.9 Å². The van der Waals surface area contributed by atoms with Crippen LogP contribution in [0, 0.1) is 0 Å². The highest BCUT2D eigenvalue weighted by atomic mass is 16.5. The molecule has 3 rings (SSSR count). The van der Waals surface area contributed by atoms with E-state index in [1.54, 1.807) is 4.90 Å². The summed E-state index contributed by atoms with van der Waals surface area (Å²) in [4.78, 5) is 28.3. The molecule has 7 heteroatoms. The van der Waals surface area contributed by atoms with E-state index in [1.807, 2.05) is 30.3 Å². The van der Waals surface area contributed by atoms with Gasteiger partial charge in [-0.25, -0.2) is 4.79 Å². The van der Waals surface area contributed by atoms with Crippen molar-refractivity contribution in [2.24, 2.45) is 0 Å². The maximum atomic E-state index is 12.1. The molecule has 2 fully saturated rings. The Morgan fingerprint density at radius 1 is 1.19 bits per heavy atom. The molecule has 0 radical (unpaired) electrons. The van der Waals surface area contributed by atoms with Crippen molar-refractivity contribution in [3.63, 3.8) is 0 Å². The minimum Gasteiger partial charge on any atom is -0.379 e. The zero-order chi connectivity index (χ0) is 18.2. The maximum Gasteiger partial charge on any atom is 0.315 e. The lowest BCUT2D eigenvalue weighted by Gasteiger charge is -2.26. The molecule has 2 aliphatic heterocycles. The summed E-state index contributed by atoms with van der Waals surface area (Å²) in [5.74, 6) is 0.0893. The fraction of sp³-hybridized carbons (Fsp3) is 0.579. The van der Waals surface area contributed by atoms with E-state index in [-0.39, 0.29) is 18.0 Å². The van der Waals surface area contributed by atoms with Gasteiger partial charge in [-0.15, -0.1) is 0 Å². The lowest BCUT2D eigenvalue weighted by molar-refractivity contribution is -0.128. The number of carbonyl (C=O) groups is 2. The zero-order valence-electron chi connectivity index (χ0n) is 15.2. The molecule has 0 bridgehead atoms. The van der Waals surface area contributed by atoms with Crippen molar-refractivity contribution >= 4 is 11.9 Å². The van der Waals surface area contributed by atoms with Gasteiger partial charge in [0.15, 0.2) is 0 Å². The van der Waals surface area contributed by atoms with Gasteiger partial charge in [-0.1, -0.05) is 30.3 Å². The fourth-order valence-corrected chi connectivity index (χ4v) is 3.39. The van der Waals surface area contributed by atoms with Crippen LogP contribution in [0.5, 0.6) is 0 Å². The second-order valence-electron chi connectivity index (χ2n) is 6.87. The van der Waals surface area contributed by atoms with Crippen LogP contribution >= 0.6 is 0 Å². The Balaban J connectivity index is 1.32. The fourth-order valence-electron chi connectivity index (χ4n) is 3.39. The van der Waals surface area contributed by atoms with E-state index >= 15 is 0 Å². The molecule has 1 unspecified atom stereocenters. The molecule has 0 saturated carbocycles. The zero-order valence-corrected chi connectivity index (χ0v) is 15.2. The van der Waals surface area contributed by atoms with Gasteiger partial charge in [0.2, 0.25) is 5.91 Å². The Hall–Kier alpha value is -2.12. The van der Waals surface area contributed by atoms with Gasteiger partial charge in [0, 0.05) is 39.1 Å². The first kappa shape index (κ1) is 18.7. The number of morpholine rings is 1. The first-order valence-electron chi connectivity index (χ1n) is 9.37. The third-order valence-electron chi connectivity index (χ3n) is 4.81. The summed E-state index contributed by atoms with van der Waals surface area (Å²) < 4.78 is 5.32. The summed E-state index contributed by atoms with van der Waals surface area (Å²) in [6, 6.07) is 9.61. The molecule has 142 valence electrons. The Kier molecular flexibility index (Phi) is 6.85. The minimum atomic E-state index is -0.189. The molecule has 0 spiro atoms. The molecule has 2 saturated heterocycles. The van der Waals surface area contributed by atoms with Crippen molar-refractivity contribution < 1.29 is 14.3 Å². The Labute approximate surface area is 154 Å². The predicted octanol–water partition coefficient (Wildman–Crippen LogP) is 0.809. The van der Waals surface area contributed by atoms with Crippen molar-refractivity contribution in [2.75, 3.05) is 45.9 Å². The number of hydrogen-bond acceptors (Lipinski definition) is 4. The maximum absolute atomic E-state index is 12.1. The van der Waals surface area contributed by atoms with E-state index in [0.29, 0.717) is 26.1 Å². The van der Waals surface area contributed by atoms with Crippen LogP contribution in [0.4, 0.5) is 4.79 Å². The molecule has 26 heavy (non-hydrogen) atoms. The molecule has 3 amide bonds. The van der Waals surface area contributed by atoms with Gasteiger partial charge in [-0.2, -0.15) is 0 Å². The normalized spacial score (nSPS) is 21.0. The summed E-state index contributed by atoms with van der Waals surface area (Å²) in [5.41, 5.74) is 1.11. The highest BCUT2D eigenvalue weighted by Gasteiger charge is 2.30. The van der Waals surface area contributed by atoms with Gasteiger partial charge < -0.3 is 20.3 Å². The lowest BCUT2D eigenvalue weighted by atomic mass is 10.2. The molecule has 0 aromatic heterocycles. The highest BCUT2D eigenvalue weighted by Crippen LogP contribution is 2.15. The number of hydrogen-bond donors (Lipinski definition) is 2. The molecule has 1 atom stereocenters. The van der Waals surface area contributed by atoms with Crippen molar-refractivity contribution in [3.8, 4) is 0 Å². The number of benzene rings is 1. The molecular weight excluding hydrogens is 332 g/mol. The van der Waals surface area contributed by atoms with Crippen LogP contribution in [0.1, 0.15) is 18.4 Å². The topological polar surface area (TPSA) is 73.9 Å². The van der Waals surface area contributed by atoms with E-state index in [9.17, 15) is 9.59 Å². The number of carbonyl (C=O) groups excluding carboxylic acids is 2. The number of urea groups is 1. The van der Waals surface area contributed by atoms with Crippen molar-refractivity contribution in [1.29, 1.82) is 0 Å². The Morgan fingerprint density at radius 2 is 1.96 bits per heavy atom. The molecule has 1 aromatic carbocycles. The molecule has 2 aliphatic rings. The predicted molar refractivity (Wildman–Crippen MR) is 98.7 cm³/mol. The standard InChI is InChI=1S/C19H28N4O3/c24-18-13-17(15-23(18)14-16-5-2-1-3-6-16)21-19(25)20-7-4-8-22-9-11-26-12-10-22/h1-3,5-6,17H,4,7-15H2,(H2,20,21,25). The summed E-state index contributed by atoms with van der Waals surface area (Å²) in [6.07, 6.45) is 1.28. The third kappa shape index (κ3) is 5.71. The second-order valence-corrected chi connectivity index (χ2v) is 6.87. The van der Waals surface area contributed by atoms with Gasteiger partial charge in [-0.05, 0) is 18.5 Å². The monoisotopic (exact) mass is 360 g/mol. The number of rotatable bonds is 7. The number of ether oxygens (including phenoxy) is 1. The van der Waals surface area contributed by atoms with E-state index in [0.717, 1.165) is 44.8 Å². The molecule has 7 nitrogen and oxygen atoms in total. The number of nitrogens with one attached hydrogen (secondary N) is 2. The van der Waals surface area contributed by atoms with Gasteiger partial charge in [0.25, 0.3) is 0 Å². The molecule has 1 aromatic rings. The van der Waals surface area contributed by atoms with E-state index in [1.165, 1.54) is 0 Å². The molecular formula is C19H28N4O3. The summed E-state index contributed by atoms with van der Waals surface area (Å²) >= 11 is 0. The van der Waals surface area contributed by atoms with Crippen molar-refractivity contribution in [1.82, 2.24) is 20.4 Å². The Morgan fingerprint density at radius 3 is 2.73 bits per heavy atom. The first-order chi connectivity index (χ1) is 12.7. The van der Waals surface area contributed by atoms with Gasteiger partial charge in [0.05, 0.1) is 19.3 Å². The average molecular weight is 360 g/mol. The van der Waals surface area contributed by atoms with Crippen LogP contribution in [0.15, 0.2) is 30.3 Å². The molecule has 0 aliphatic carbocycles. The number of amides is 3. The SMILES string of the molecule is O=C(NCCCN1CCOCC1)NC1CC(=O)N(Cc2ccccc2)C1. The van der Waals surface area contributed by atoms with Gasteiger partial charge in [0.1, 0.15) is 0 Å². The third-order valence-corrected chi connectivity index (χ3v) is 4.81. The van der Waals surface area contributed by atoms with Crippen LogP contribution in [0.2, 0.25) is 0 Å². The average Bonchev–Trinajstić information content (AvgIpc) is 2.99. The van der Waals surface area contributed by atoms with Crippen LogP contribution in [-0.4, -0.2) is 73.7 Å². The van der Waals surface area contributed by atoms with Crippen molar-refractivity contribution in [2.45, 2.75) is 25.4 Å². The van der Waals surface area contributed by atoms with E-state index in [4.69, 9.17) is 4.74 Å². The van der Waals surface area contributed by atoms with Crippen LogP contribution in [-0.2, 0) is 16.1 Å². The first-order valence-corrected chi connectivity index (χ1v) is 9.37. The summed E-state index contributed by atoms with van der Waals surface area (Å²) in [6.45, 7) is 6.29. The van der Waals surface area contributed by atoms with Crippen LogP contribution in [0.25, 0.3) is 0 Å². The van der Waals surface area contributed by atoms with Gasteiger partial charge >= 0.3 is 6.03 Å². The Bertz CT molecular complexity index is 590. The summed E-state index contributed by atoms with van der Waals surface area (Å²) in [5, 5.41) is 5.81. The van der Waals surface area contributed by atoms with Crippen LogP contribution in [0.3, 0.4) is 0 Å². The molecule has 2 N–H and O–H groups in total. The lowest BCUT2D eigenvalue weighted by Crippen LogP contribution is -2.44. The largest absolute Gasteiger partial charge is 0.379 e. The number of likely N-dealkylation sites (tertiary alicyclic amines) is 1. The molecule has 2 heterocycles. The second kappa shape index (κ2) is 9.54. The smallest absolute Gasteiger partial charge is 0.315 e. The van der Waals surface area contributed by atoms with E-state index < -0.39 is 0 Å². The van der Waals surface area contributed by atoms with Gasteiger partial charge in [-0.3, -0.25) is 9.69 Å². The van der Waals surface area contributed by atoms with E-state index in [2.05, 4.69) is 15.5 Å². The minimum absolute atomic E-state index is 0.0893.